The molecule has 2 aromatic carbocycles. The van der Waals surface area contributed by atoms with Gasteiger partial charge in [-0.15, -0.1) is 0 Å². The molecule has 0 aliphatic carbocycles. The maximum atomic E-state index is 10.8. The van der Waals surface area contributed by atoms with Crippen LogP contribution in [0.5, 0.6) is 11.5 Å². The lowest BCUT2D eigenvalue weighted by Gasteiger charge is -2.13. The van der Waals surface area contributed by atoms with Crippen LogP contribution in [0.25, 0.3) is 0 Å². The highest BCUT2D eigenvalue weighted by molar-refractivity contribution is 6.32. The van der Waals surface area contributed by atoms with Gasteiger partial charge >= 0.3 is 0 Å². The van der Waals surface area contributed by atoms with Crippen molar-refractivity contribution in [3.63, 3.8) is 0 Å². The van der Waals surface area contributed by atoms with Crippen molar-refractivity contribution in [2.45, 2.75) is 13.2 Å². The first-order valence-corrected chi connectivity index (χ1v) is 6.76. The summed E-state index contributed by atoms with van der Waals surface area (Å²) in [5.41, 5.74) is 1.23. The van der Waals surface area contributed by atoms with Crippen molar-refractivity contribution in [1.82, 2.24) is 0 Å². The number of methoxy groups -OCH3 is 1. The van der Waals surface area contributed by atoms with Gasteiger partial charge in [-0.05, 0) is 23.3 Å². The molecule has 2 aromatic rings. The van der Waals surface area contributed by atoms with Crippen LogP contribution in [0, 0.1) is 10.1 Å². The number of aliphatic hydroxyl groups excluding tert-OH is 1. The summed E-state index contributed by atoms with van der Waals surface area (Å²) in [4.78, 5) is 10.3. The van der Waals surface area contributed by atoms with Crippen LogP contribution in [0.15, 0.2) is 36.4 Å². The molecule has 0 aromatic heterocycles. The maximum Gasteiger partial charge on any atom is 0.269 e. The summed E-state index contributed by atoms with van der Waals surface area (Å²) in [5, 5.41) is 20.2. The summed E-state index contributed by atoms with van der Waals surface area (Å²) < 4.78 is 10.8. The third kappa shape index (κ3) is 3.66. The Morgan fingerprint density at radius 1 is 1.27 bits per heavy atom. The lowest BCUT2D eigenvalue weighted by molar-refractivity contribution is -0.384. The Balaban J connectivity index is 2.21. The van der Waals surface area contributed by atoms with Crippen molar-refractivity contribution in [3.8, 4) is 11.5 Å². The molecule has 0 radical (unpaired) electrons. The number of nitro benzene ring substituents is 1. The zero-order valence-corrected chi connectivity index (χ0v) is 12.5. The van der Waals surface area contributed by atoms with E-state index < -0.39 is 4.92 Å². The second kappa shape index (κ2) is 7.11. The van der Waals surface area contributed by atoms with Crippen LogP contribution < -0.4 is 9.47 Å². The number of hydrogen-bond donors (Lipinski definition) is 1. The molecule has 0 unspecified atom stereocenters. The van der Waals surface area contributed by atoms with Gasteiger partial charge in [0.1, 0.15) is 6.61 Å². The molecule has 116 valence electrons. The molecule has 0 atom stereocenters. The molecule has 1 N–H and O–H groups in total. The summed E-state index contributed by atoms with van der Waals surface area (Å²) in [6.45, 7) is -0.0581. The van der Waals surface area contributed by atoms with Gasteiger partial charge in [0.05, 0.1) is 23.7 Å². The molecule has 0 aliphatic rings. The average Bonchev–Trinajstić information content (AvgIpc) is 2.53. The van der Waals surface area contributed by atoms with E-state index in [0.717, 1.165) is 0 Å². The van der Waals surface area contributed by atoms with Crippen LogP contribution >= 0.6 is 11.6 Å². The number of benzene rings is 2. The first-order chi connectivity index (χ1) is 10.5. The minimum absolute atomic E-state index is 0.00482. The van der Waals surface area contributed by atoms with Crippen molar-refractivity contribution in [3.05, 3.63) is 62.7 Å². The zero-order valence-electron chi connectivity index (χ0n) is 11.8. The van der Waals surface area contributed by atoms with Gasteiger partial charge in [0.15, 0.2) is 11.5 Å². The van der Waals surface area contributed by atoms with E-state index in [-0.39, 0.29) is 18.9 Å². The van der Waals surface area contributed by atoms with Crippen molar-refractivity contribution in [1.29, 1.82) is 0 Å². The van der Waals surface area contributed by atoms with Crippen molar-refractivity contribution in [2.75, 3.05) is 7.11 Å². The number of hydrogen-bond acceptors (Lipinski definition) is 5. The third-order valence-corrected chi connectivity index (χ3v) is 3.26. The molecule has 7 heteroatoms. The van der Waals surface area contributed by atoms with Gasteiger partial charge in [0.25, 0.3) is 5.69 Å². The van der Waals surface area contributed by atoms with Gasteiger partial charge in [0, 0.05) is 12.1 Å². The average molecular weight is 324 g/mol. The normalized spacial score (nSPS) is 10.3. The van der Waals surface area contributed by atoms with Crippen LogP contribution in [-0.4, -0.2) is 17.1 Å². The topological polar surface area (TPSA) is 81.8 Å². The van der Waals surface area contributed by atoms with E-state index in [2.05, 4.69) is 0 Å². The number of aliphatic hydroxyl groups is 1. The van der Waals surface area contributed by atoms with E-state index in [9.17, 15) is 10.1 Å². The largest absolute Gasteiger partial charge is 0.493 e. The molecule has 0 aliphatic heterocycles. The van der Waals surface area contributed by atoms with Gasteiger partial charge in [-0.3, -0.25) is 10.1 Å². The second-order valence-corrected chi connectivity index (χ2v) is 4.89. The standard InChI is InChI=1S/C15H14ClNO5/c1-21-14-7-11(8-18)6-13(16)15(14)22-9-10-3-2-4-12(5-10)17(19)20/h2-7,18H,8-9H2,1H3. The lowest BCUT2D eigenvalue weighted by Crippen LogP contribution is -2.00. The van der Waals surface area contributed by atoms with E-state index in [1.807, 2.05) is 0 Å². The molecule has 22 heavy (non-hydrogen) atoms. The van der Waals surface area contributed by atoms with Crippen LogP contribution in [0.2, 0.25) is 5.02 Å². The summed E-state index contributed by atoms with van der Waals surface area (Å²) in [6, 6.07) is 9.34. The monoisotopic (exact) mass is 323 g/mol. The Morgan fingerprint density at radius 3 is 2.68 bits per heavy atom. The van der Waals surface area contributed by atoms with Gasteiger partial charge in [-0.1, -0.05) is 23.7 Å². The van der Waals surface area contributed by atoms with Crippen LogP contribution in [0.4, 0.5) is 5.69 Å². The van der Waals surface area contributed by atoms with Crippen molar-refractivity contribution >= 4 is 17.3 Å². The minimum Gasteiger partial charge on any atom is -0.493 e. The van der Waals surface area contributed by atoms with E-state index in [1.54, 1.807) is 24.3 Å². The molecular formula is C15H14ClNO5. The van der Waals surface area contributed by atoms with Gasteiger partial charge in [-0.25, -0.2) is 0 Å². The van der Waals surface area contributed by atoms with E-state index in [1.165, 1.54) is 19.2 Å². The fourth-order valence-electron chi connectivity index (χ4n) is 1.92. The number of rotatable bonds is 6. The minimum atomic E-state index is -0.465. The van der Waals surface area contributed by atoms with Gasteiger partial charge in [0.2, 0.25) is 0 Å². The number of nitro groups is 1. The highest BCUT2D eigenvalue weighted by Gasteiger charge is 2.13. The van der Waals surface area contributed by atoms with E-state index >= 15 is 0 Å². The van der Waals surface area contributed by atoms with Crippen molar-refractivity contribution < 1.29 is 19.5 Å². The van der Waals surface area contributed by atoms with Crippen LogP contribution in [-0.2, 0) is 13.2 Å². The van der Waals surface area contributed by atoms with Crippen molar-refractivity contribution in [2.24, 2.45) is 0 Å². The molecule has 0 amide bonds. The molecule has 6 nitrogen and oxygen atoms in total. The number of ether oxygens (including phenoxy) is 2. The fraction of sp³-hybridized carbons (Fsp3) is 0.200. The molecule has 0 spiro atoms. The quantitative estimate of drug-likeness (QED) is 0.651. The van der Waals surface area contributed by atoms with E-state index in [4.69, 9.17) is 26.2 Å². The number of nitrogens with zero attached hydrogens (tertiary/aromatic N) is 1. The van der Waals surface area contributed by atoms with Gasteiger partial charge < -0.3 is 14.6 Å². The Hall–Kier alpha value is -2.31. The SMILES string of the molecule is COc1cc(CO)cc(Cl)c1OCc1cccc([N+](=O)[O-])c1. The molecule has 0 heterocycles. The molecule has 0 saturated carbocycles. The highest BCUT2D eigenvalue weighted by Crippen LogP contribution is 2.37. The lowest BCUT2D eigenvalue weighted by atomic mass is 10.2. The van der Waals surface area contributed by atoms with Gasteiger partial charge in [-0.2, -0.15) is 0 Å². The van der Waals surface area contributed by atoms with E-state index in [0.29, 0.717) is 27.6 Å². The number of halogens is 1. The smallest absolute Gasteiger partial charge is 0.269 e. The molecule has 0 fully saturated rings. The molecule has 0 saturated heterocycles. The molecular weight excluding hydrogens is 310 g/mol. The predicted octanol–water partition coefficient (Wildman–Crippen LogP) is 3.33. The fourth-order valence-corrected chi connectivity index (χ4v) is 2.21. The Morgan fingerprint density at radius 2 is 2.05 bits per heavy atom. The first-order valence-electron chi connectivity index (χ1n) is 6.38. The van der Waals surface area contributed by atoms with Crippen LogP contribution in [0.3, 0.4) is 0 Å². The molecule has 0 bridgehead atoms. The summed E-state index contributed by atoms with van der Waals surface area (Å²) >= 11 is 6.12. The Bertz CT molecular complexity index is 690. The summed E-state index contributed by atoms with van der Waals surface area (Å²) in [6.07, 6.45) is 0. The number of non-ortho nitro benzene ring substituents is 1. The summed E-state index contributed by atoms with van der Waals surface area (Å²) in [5.74, 6) is 0.717. The zero-order chi connectivity index (χ0) is 16.1. The highest BCUT2D eigenvalue weighted by atomic mass is 35.5. The summed E-state index contributed by atoms with van der Waals surface area (Å²) in [7, 11) is 1.47. The second-order valence-electron chi connectivity index (χ2n) is 4.48. The Kier molecular flexibility index (Phi) is 5.19. The third-order valence-electron chi connectivity index (χ3n) is 2.98. The first kappa shape index (κ1) is 16.1. The van der Waals surface area contributed by atoms with Crippen LogP contribution in [0.1, 0.15) is 11.1 Å². The molecule has 2 rings (SSSR count). The maximum absolute atomic E-state index is 10.8. The predicted molar refractivity (Wildman–Crippen MR) is 81.4 cm³/mol. The Labute approximate surface area is 132 Å².